The quantitative estimate of drug-likeness (QED) is 0.693. The Morgan fingerprint density at radius 1 is 1.27 bits per heavy atom. The van der Waals surface area contributed by atoms with Crippen molar-refractivity contribution in [2.24, 2.45) is 5.92 Å². The van der Waals surface area contributed by atoms with Crippen LogP contribution in [0.2, 0.25) is 0 Å². The molecule has 0 saturated carbocycles. The summed E-state index contributed by atoms with van der Waals surface area (Å²) in [6, 6.07) is 9.45. The Morgan fingerprint density at radius 2 is 2.00 bits per heavy atom. The molecular weight excluding hydrogens is 208 g/mol. The molecule has 0 aromatic heterocycles. The van der Waals surface area contributed by atoms with Gasteiger partial charge in [0.05, 0.1) is 0 Å². The molecule has 15 heavy (non-hydrogen) atoms. The average Bonchev–Trinajstić information content (AvgIpc) is 2.29. The first-order valence-corrected chi connectivity index (χ1v) is 5.59. The molecule has 2 heteroatoms. The topological polar surface area (TPSA) is 17.1 Å². The molecule has 1 aromatic rings. The first kappa shape index (κ1) is 10.4. The lowest BCUT2D eigenvalue weighted by Gasteiger charge is -2.18. The lowest BCUT2D eigenvalue weighted by Crippen LogP contribution is -2.16. The summed E-state index contributed by atoms with van der Waals surface area (Å²) in [4.78, 5) is 12.1. The van der Waals surface area contributed by atoms with Gasteiger partial charge in [-0.25, -0.2) is 0 Å². The summed E-state index contributed by atoms with van der Waals surface area (Å²) in [5.41, 5.74) is 0.800. The molecule has 0 heterocycles. The van der Waals surface area contributed by atoms with Crippen LogP contribution in [0.15, 0.2) is 41.4 Å². The molecule has 0 N–H and O–H groups in total. The zero-order valence-corrected chi connectivity index (χ0v) is 9.20. The van der Waals surface area contributed by atoms with Gasteiger partial charge in [-0.3, -0.25) is 4.79 Å². The van der Waals surface area contributed by atoms with E-state index in [0.717, 1.165) is 23.4 Å². The van der Waals surface area contributed by atoms with Crippen molar-refractivity contribution in [3.05, 3.63) is 47.0 Å². The van der Waals surface area contributed by atoms with Crippen LogP contribution in [-0.4, -0.2) is 5.78 Å². The van der Waals surface area contributed by atoms with Gasteiger partial charge in [-0.05, 0) is 19.3 Å². The van der Waals surface area contributed by atoms with Gasteiger partial charge in [0.25, 0.3) is 0 Å². The maximum absolute atomic E-state index is 12.1. The van der Waals surface area contributed by atoms with Gasteiger partial charge in [0, 0.05) is 16.5 Å². The number of carbonyl (C=O) groups excluding carboxylic acids is 1. The molecule has 0 aliphatic heterocycles. The van der Waals surface area contributed by atoms with Crippen molar-refractivity contribution in [1.29, 1.82) is 0 Å². The molecule has 0 fully saturated rings. The highest BCUT2D eigenvalue weighted by atomic mass is 35.5. The largest absolute Gasteiger partial charge is 0.294 e. The third-order valence-corrected chi connectivity index (χ3v) is 3.06. The molecule has 0 amide bonds. The Bertz CT molecular complexity index is 381. The highest BCUT2D eigenvalue weighted by Gasteiger charge is 2.22. The van der Waals surface area contributed by atoms with Crippen molar-refractivity contribution in [3.8, 4) is 0 Å². The molecule has 1 unspecified atom stereocenters. The molecule has 1 atom stereocenters. The van der Waals surface area contributed by atoms with E-state index in [-0.39, 0.29) is 11.7 Å². The summed E-state index contributed by atoms with van der Waals surface area (Å²) in [7, 11) is 0. The zero-order chi connectivity index (χ0) is 10.7. The van der Waals surface area contributed by atoms with Crippen LogP contribution in [0, 0.1) is 5.92 Å². The predicted molar refractivity (Wildman–Crippen MR) is 62.0 cm³/mol. The lowest BCUT2D eigenvalue weighted by atomic mass is 9.87. The zero-order valence-electron chi connectivity index (χ0n) is 8.45. The van der Waals surface area contributed by atoms with Crippen LogP contribution in [-0.2, 0) is 0 Å². The fourth-order valence-electron chi connectivity index (χ4n) is 1.92. The summed E-state index contributed by atoms with van der Waals surface area (Å²) >= 11 is 5.95. The van der Waals surface area contributed by atoms with Crippen molar-refractivity contribution in [2.75, 3.05) is 0 Å². The summed E-state index contributed by atoms with van der Waals surface area (Å²) in [5, 5.41) is 0.829. The van der Waals surface area contributed by atoms with Crippen molar-refractivity contribution in [3.63, 3.8) is 0 Å². The van der Waals surface area contributed by atoms with Crippen LogP contribution in [0.3, 0.4) is 0 Å². The lowest BCUT2D eigenvalue weighted by molar-refractivity contribution is 0.0911. The molecule has 1 aromatic carbocycles. The number of hydrogen-bond donors (Lipinski definition) is 0. The van der Waals surface area contributed by atoms with Crippen LogP contribution in [0.25, 0.3) is 0 Å². The number of rotatable bonds is 2. The standard InChI is InChI=1S/C13H13ClO/c14-12-8-4-7-11(9-12)13(15)10-5-2-1-3-6-10/h1-3,5-6,8,11H,4,7,9H2. The smallest absolute Gasteiger partial charge is 0.166 e. The number of Topliss-reactive ketones (excluding diaryl/α,β-unsaturated/α-hetero) is 1. The van der Waals surface area contributed by atoms with Gasteiger partial charge >= 0.3 is 0 Å². The molecule has 0 saturated heterocycles. The molecule has 0 spiro atoms. The SMILES string of the molecule is O=C(c1ccccc1)C1CCC=C(Cl)C1. The van der Waals surface area contributed by atoms with Crippen molar-refractivity contribution in [2.45, 2.75) is 19.3 Å². The highest BCUT2D eigenvalue weighted by Crippen LogP contribution is 2.28. The van der Waals surface area contributed by atoms with Gasteiger partial charge in [0.2, 0.25) is 0 Å². The van der Waals surface area contributed by atoms with E-state index in [9.17, 15) is 4.79 Å². The maximum Gasteiger partial charge on any atom is 0.166 e. The Balaban J connectivity index is 2.12. The first-order chi connectivity index (χ1) is 7.27. The van der Waals surface area contributed by atoms with Crippen molar-refractivity contribution >= 4 is 17.4 Å². The molecule has 1 nitrogen and oxygen atoms in total. The summed E-state index contributed by atoms with van der Waals surface area (Å²) in [5.74, 6) is 0.298. The van der Waals surface area contributed by atoms with Gasteiger partial charge in [0.15, 0.2) is 5.78 Å². The number of ketones is 1. The van der Waals surface area contributed by atoms with E-state index in [4.69, 9.17) is 11.6 Å². The molecule has 78 valence electrons. The van der Waals surface area contributed by atoms with Gasteiger partial charge < -0.3 is 0 Å². The second kappa shape index (κ2) is 4.63. The number of allylic oxidation sites excluding steroid dienone is 2. The van der Waals surface area contributed by atoms with Crippen LogP contribution < -0.4 is 0 Å². The second-order valence-corrected chi connectivity index (χ2v) is 4.35. The van der Waals surface area contributed by atoms with Gasteiger partial charge in [-0.2, -0.15) is 0 Å². The van der Waals surface area contributed by atoms with Crippen molar-refractivity contribution < 1.29 is 4.79 Å². The minimum absolute atomic E-state index is 0.0740. The molecule has 0 radical (unpaired) electrons. The molecular formula is C13H13ClO. The third-order valence-electron chi connectivity index (χ3n) is 2.75. The minimum atomic E-state index is 0.0740. The predicted octanol–water partition coefficient (Wildman–Crippen LogP) is 3.79. The number of benzene rings is 1. The normalized spacial score (nSPS) is 20.9. The number of halogens is 1. The maximum atomic E-state index is 12.1. The molecule has 1 aliphatic carbocycles. The number of hydrogen-bond acceptors (Lipinski definition) is 1. The van der Waals surface area contributed by atoms with Crippen molar-refractivity contribution in [1.82, 2.24) is 0 Å². The summed E-state index contributed by atoms with van der Waals surface area (Å²) in [6.45, 7) is 0. The molecule has 2 rings (SSSR count). The number of carbonyl (C=O) groups is 1. The summed E-state index contributed by atoms with van der Waals surface area (Å²) in [6.07, 6.45) is 4.55. The van der Waals surface area contributed by atoms with Crippen LogP contribution in [0.4, 0.5) is 0 Å². The summed E-state index contributed by atoms with van der Waals surface area (Å²) < 4.78 is 0. The average molecular weight is 221 g/mol. The third kappa shape index (κ3) is 2.48. The Hall–Kier alpha value is -1.08. The Kier molecular flexibility index (Phi) is 3.22. The van der Waals surface area contributed by atoms with E-state index in [2.05, 4.69) is 0 Å². The van der Waals surface area contributed by atoms with E-state index in [1.807, 2.05) is 36.4 Å². The van der Waals surface area contributed by atoms with E-state index in [1.54, 1.807) is 0 Å². The fourth-order valence-corrected chi connectivity index (χ4v) is 2.22. The van der Waals surface area contributed by atoms with E-state index >= 15 is 0 Å². The first-order valence-electron chi connectivity index (χ1n) is 5.21. The van der Waals surface area contributed by atoms with Gasteiger partial charge in [0.1, 0.15) is 0 Å². The monoisotopic (exact) mass is 220 g/mol. The fraction of sp³-hybridized carbons (Fsp3) is 0.308. The Labute approximate surface area is 94.8 Å². The molecule has 1 aliphatic rings. The van der Waals surface area contributed by atoms with Crippen LogP contribution in [0.1, 0.15) is 29.6 Å². The van der Waals surface area contributed by atoms with E-state index < -0.39 is 0 Å². The molecule has 0 bridgehead atoms. The van der Waals surface area contributed by atoms with Gasteiger partial charge in [-0.1, -0.05) is 48.0 Å². The van der Waals surface area contributed by atoms with Crippen LogP contribution >= 0.6 is 11.6 Å². The second-order valence-electron chi connectivity index (χ2n) is 3.86. The van der Waals surface area contributed by atoms with E-state index in [0.29, 0.717) is 6.42 Å². The van der Waals surface area contributed by atoms with Gasteiger partial charge in [-0.15, -0.1) is 0 Å². The minimum Gasteiger partial charge on any atom is -0.294 e. The van der Waals surface area contributed by atoms with Crippen LogP contribution in [0.5, 0.6) is 0 Å². The highest BCUT2D eigenvalue weighted by molar-refractivity contribution is 6.29. The Morgan fingerprint density at radius 3 is 2.67 bits per heavy atom. The van der Waals surface area contributed by atoms with E-state index in [1.165, 1.54) is 0 Å².